The predicted octanol–water partition coefficient (Wildman–Crippen LogP) is 7.07. The van der Waals surface area contributed by atoms with E-state index in [1.54, 1.807) is 0 Å². The smallest absolute Gasteiger partial charge is 0.334 e. The van der Waals surface area contributed by atoms with Gasteiger partial charge < -0.3 is 8.85 Å². The lowest BCUT2D eigenvalue weighted by molar-refractivity contribution is 0.121. The quantitative estimate of drug-likeness (QED) is 0.252. The highest BCUT2D eigenvalue weighted by atomic mass is 28.4. The lowest BCUT2D eigenvalue weighted by Gasteiger charge is -2.31. The maximum Gasteiger partial charge on any atom is 0.334 e. The fraction of sp³-hybridized carbons (Fsp3) is 0.955. The molecule has 0 spiro atoms. The summed E-state index contributed by atoms with van der Waals surface area (Å²) in [4.78, 5) is 0. The Balaban J connectivity index is 4.73. The second-order valence-corrected chi connectivity index (χ2v) is 11.5. The zero-order chi connectivity index (χ0) is 19.8. The molecule has 0 aromatic heterocycles. The van der Waals surface area contributed by atoms with E-state index < -0.39 is 8.56 Å². The third-order valence-electron chi connectivity index (χ3n) is 5.59. The molecule has 26 heavy (non-hydrogen) atoms. The van der Waals surface area contributed by atoms with Crippen LogP contribution in [0.15, 0.2) is 0 Å². The van der Waals surface area contributed by atoms with Crippen molar-refractivity contribution in [1.82, 2.24) is 0 Å². The Morgan fingerprint density at radius 2 is 1.31 bits per heavy atom. The van der Waals surface area contributed by atoms with E-state index in [0.717, 1.165) is 25.7 Å². The minimum Gasteiger partial charge on any atom is -0.394 e. The fourth-order valence-electron chi connectivity index (χ4n) is 3.11. The molecular weight excluding hydrogens is 338 g/mol. The lowest BCUT2D eigenvalue weighted by atomic mass is 10.0. The fourth-order valence-corrected chi connectivity index (χ4v) is 5.62. The Hall–Kier alpha value is -0.373. The summed E-state index contributed by atoms with van der Waals surface area (Å²) in [5, 5.41) is 9.12. The summed E-state index contributed by atoms with van der Waals surface area (Å²) in [6, 6.07) is 3.28. The van der Waals surface area contributed by atoms with Gasteiger partial charge in [-0.05, 0) is 50.6 Å². The summed E-state index contributed by atoms with van der Waals surface area (Å²) in [6.45, 7) is 14.9. The summed E-state index contributed by atoms with van der Waals surface area (Å²) in [5.74, 6) is 1.36. The molecule has 0 aromatic rings. The summed E-state index contributed by atoms with van der Waals surface area (Å²) < 4.78 is 13.0. The first-order valence-electron chi connectivity index (χ1n) is 11.1. The van der Waals surface area contributed by atoms with Crippen molar-refractivity contribution in [2.45, 2.75) is 105 Å². The molecule has 3 unspecified atom stereocenters. The average Bonchev–Trinajstić information content (AvgIpc) is 2.66. The van der Waals surface area contributed by atoms with Crippen molar-refractivity contribution in [1.29, 1.82) is 5.26 Å². The van der Waals surface area contributed by atoms with E-state index in [1.165, 1.54) is 51.4 Å². The molecule has 0 aliphatic heterocycles. The molecule has 3 nitrogen and oxygen atoms in total. The maximum atomic E-state index is 9.12. The SMILES string of the molecule is CCCCC(CC)CO[Si](C)(CCC(C)C#N)OCC(CC)CCCC. The first-order chi connectivity index (χ1) is 12.4. The van der Waals surface area contributed by atoms with E-state index in [0.29, 0.717) is 11.8 Å². The van der Waals surface area contributed by atoms with Crippen LogP contribution in [0.3, 0.4) is 0 Å². The molecule has 0 saturated carbocycles. The largest absolute Gasteiger partial charge is 0.394 e. The Labute approximate surface area is 165 Å². The van der Waals surface area contributed by atoms with Crippen molar-refractivity contribution in [3.63, 3.8) is 0 Å². The van der Waals surface area contributed by atoms with Crippen LogP contribution in [0.4, 0.5) is 0 Å². The monoisotopic (exact) mass is 383 g/mol. The molecule has 0 rings (SSSR count). The molecule has 0 saturated heterocycles. The summed E-state index contributed by atoms with van der Waals surface area (Å²) >= 11 is 0. The van der Waals surface area contributed by atoms with Gasteiger partial charge in [0.2, 0.25) is 0 Å². The minimum absolute atomic E-state index is 0.0816. The third kappa shape index (κ3) is 12.1. The van der Waals surface area contributed by atoms with Crippen LogP contribution in [0.1, 0.15) is 92.4 Å². The number of hydrogen-bond donors (Lipinski definition) is 0. The molecule has 0 radical (unpaired) electrons. The van der Waals surface area contributed by atoms with Crippen LogP contribution in [-0.4, -0.2) is 21.8 Å². The highest BCUT2D eigenvalue weighted by Gasteiger charge is 2.33. The van der Waals surface area contributed by atoms with Crippen molar-refractivity contribution >= 4 is 8.56 Å². The van der Waals surface area contributed by atoms with Crippen LogP contribution in [0.25, 0.3) is 0 Å². The summed E-state index contributed by atoms with van der Waals surface area (Å²) in [6.07, 6.45) is 10.8. The van der Waals surface area contributed by atoms with Gasteiger partial charge in [-0.15, -0.1) is 0 Å². The first-order valence-corrected chi connectivity index (χ1v) is 13.6. The Bertz CT molecular complexity index is 350. The van der Waals surface area contributed by atoms with Crippen LogP contribution >= 0.6 is 0 Å². The van der Waals surface area contributed by atoms with Crippen LogP contribution in [0.5, 0.6) is 0 Å². The Kier molecular flexibility index (Phi) is 15.4. The zero-order valence-electron chi connectivity index (χ0n) is 18.5. The number of nitriles is 1. The van der Waals surface area contributed by atoms with E-state index in [1.807, 2.05) is 6.92 Å². The van der Waals surface area contributed by atoms with Crippen LogP contribution < -0.4 is 0 Å². The molecule has 0 bridgehead atoms. The minimum atomic E-state index is -2.22. The average molecular weight is 384 g/mol. The topological polar surface area (TPSA) is 42.2 Å². The van der Waals surface area contributed by atoms with Gasteiger partial charge in [-0.1, -0.05) is 66.2 Å². The maximum absolute atomic E-state index is 9.12. The van der Waals surface area contributed by atoms with Crippen LogP contribution in [0, 0.1) is 29.1 Å². The number of nitrogens with zero attached hydrogens (tertiary/aromatic N) is 1. The standard InChI is InChI=1S/C22H45NO2Si/c1-7-11-13-21(9-3)18-24-26(6,16-15-20(5)17-23)25-19-22(10-4)14-12-8-2/h20-22H,7-16,18-19H2,1-6H3. The van der Waals surface area contributed by atoms with E-state index in [-0.39, 0.29) is 5.92 Å². The van der Waals surface area contributed by atoms with E-state index in [4.69, 9.17) is 14.1 Å². The molecule has 154 valence electrons. The third-order valence-corrected chi connectivity index (χ3v) is 8.34. The first kappa shape index (κ1) is 25.6. The van der Waals surface area contributed by atoms with Gasteiger partial charge >= 0.3 is 8.56 Å². The van der Waals surface area contributed by atoms with Gasteiger partial charge in [-0.3, -0.25) is 0 Å². The van der Waals surface area contributed by atoms with Gasteiger partial charge in [0, 0.05) is 19.1 Å². The Morgan fingerprint density at radius 3 is 1.65 bits per heavy atom. The molecule has 0 heterocycles. The van der Waals surface area contributed by atoms with Crippen LogP contribution in [0.2, 0.25) is 12.6 Å². The Morgan fingerprint density at radius 1 is 0.846 bits per heavy atom. The van der Waals surface area contributed by atoms with Gasteiger partial charge in [0.15, 0.2) is 0 Å². The molecule has 0 aliphatic rings. The lowest BCUT2D eigenvalue weighted by Crippen LogP contribution is -2.41. The van der Waals surface area contributed by atoms with Crippen molar-refractivity contribution < 1.29 is 8.85 Å². The van der Waals surface area contributed by atoms with Gasteiger partial charge in [0.05, 0.1) is 6.07 Å². The molecule has 3 atom stereocenters. The van der Waals surface area contributed by atoms with E-state index >= 15 is 0 Å². The van der Waals surface area contributed by atoms with Crippen molar-refractivity contribution in [2.24, 2.45) is 17.8 Å². The summed E-state index contributed by atoms with van der Waals surface area (Å²) in [5.41, 5.74) is 0. The summed E-state index contributed by atoms with van der Waals surface area (Å²) in [7, 11) is -2.22. The van der Waals surface area contributed by atoms with E-state index in [2.05, 4.69) is 40.3 Å². The van der Waals surface area contributed by atoms with Crippen LogP contribution in [-0.2, 0) is 8.85 Å². The number of hydrogen-bond acceptors (Lipinski definition) is 3. The van der Waals surface area contributed by atoms with Gasteiger partial charge in [0.25, 0.3) is 0 Å². The molecule has 0 aromatic carbocycles. The molecule has 0 aliphatic carbocycles. The molecule has 0 amide bonds. The van der Waals surface area contributed by atoms with Crippen molar-refractivity contribution in [2.75, 3.05) is 13.2 Å². The second kappa shape index (κ2) is 15.7. The van der Waals surface area contributed by atoms with Crippen molar-refractivity contribution in [3.8, 4) is 6.07 Å². The normalized spacial score (nSPS) is 17.3. The van der Waals surface area contributed by atoms with Gasteiger partial charge in [0.1, 0.15) is 0 Å². The predicted molar refractivity (Wildman–Crippen MR) is 114 cm³/mol. The zero-order valence-corrected chi connectivity index (χ0v) is 19.5. The molecule has 0 fully saturated rings. The number of unbranched alkanes of at least 4 members (excludes halogenated alkanes) is 2. The van der Waals surface area contributed by atoms with Crippen molar-refractivity contribution in [3.05, 3.63) is 0 Å². The molecule has 0 N–H and O–H groups in total. The highest BCUT2D eigenvalue weighted by molar-refractivity contribution is 6.66. The van der Waals surface area contributed by atoms with E-state index in [9.17, 15) is 0 Å². The highest BCUT2D eigenvalue weighted by Crippen LogP contribution is 2.24. The van der Waals surface area contributed by atoms with Gasteiger partial charge in [-0.2, -0.15) is 5.26 Å². The number of rotatable bonds is 17. The van der Waals surface area contributed by atoms with Gasteiger partial charge in [-0.25, -0.2) is 0 Å². The molecule has 4 heteroatoms. The second-order valence-electron chi connectivity index (χ2n) is 8.16. The molecular formula is C22H45NO2Si.